The van der Waals surface area contributed by atoms with Crippen molar-refractivity contribution in [2.24, 2.45) is 0 Å². The third kappa shape index (κ3) is 3.28. The largest absolute Gasteiger partial charge is 0.457 e. The van der Waals surface area contributed by atoms with E-state index < -0.39 is 5.97 Å². The topological polar surface area (TPSA) is 72.0 Å². The van der Waals surface area contributed by atoms with Crippen LogP contribution in [-0.2, 0) is 4.74 Å². The molecule has 0 aliphatic carbocycles. The number of rotatable bonds is 4. The van der Waals surface area contributed by atoms with Gasteiger partial charge in [0.1, 0.15) is 22.1 Å². The van der Waals surface area contributed by atoms with Crippen molar-refractivity contribution in [2.45, 2.75) is 13.8 Å². The number of ether oxygens (including phenoxy) is 1. The molecule has 24 heavy (non-hydrogen) atoms. The molecule has 0 unspecified atom stereocenters. The average Bonchev–Trinajstić information content (AvgIpc) is 2.89. The van der Waals surface area contributed by atoms with Gasteiger partial charge in [-0.3, -0.25) is 4.79 Å². The van der Waals surface area contributed by atoms with Gasteiger partial charge in [-0.1, -0.05) is 36.4 Å². The molecule has 3 aromatic rings. The van der Waals surface area contributed by atoms with Crippen LogP contribution in [0.15, 0.2) is 41.2 Å². The highest BCUT2D eigenvalue weighted by Crippen LogP contribution is 2.27. The summed E-state index contributed by atoms with van der Waals surface area (Å²) < 4.78 is 5.27. The Hall–Kier alpha value is -2.73. The van der Waals surface area contributed by atoms with E-state index in [-0.39, 0.29) is 12.2 Å². The van der Waals surface area contributed by atoms with Gasteiger partial charge in [0.25, 0.3) is 5.56 Å². The third-order valence-electron chi connectivity index (χ3n) is 3.52. The molecule has 0 saturated carbocycles. The molecule has 1 N–H and O–H groups in total. The van der Waals surface area contributed by atoms with Crippen molar-refractivity contribution in [3.63, 3.8) is 0 Å². The summed E-state index contributed by atoms with van der Waals surface area (Å²) in [5.74, 6) is 0.0877. The van der Waals surface area contributed by atoms with Gasteiger partial charge < -0.3 is 9.72 Å². The summed E-state index contributed by atoms with van der Waals surface area (Å²) in [4.78, 5) is 32.2. The molecule has 0 spiro atoms. The van der Waals surface area contributed by atoms with Crippen molar-refractivity contribution in [3.8, 4) is 0 Å². The normalized spacial score (nSPS) is 11.2. The number of nitrogens with zero attached hydrogens (tertiary/aromatic N) is 1. The van der Waals surface area contributed by atoms with Gasteiger partial charge in [0, 0.05) is 0 Å². The first kappa shape index (κ1) is 16.1. The van der Waals surface area contributed by atoms with Crippen LogP contribution in [0.3, 0.4) is 0 Å². The molecule has 5 nitrogen and oxygen atoms in total. The van der Waals surface area contributed by atoms with Crippen LogP contribution in [0, 0.1) is 13.8 Å². The van der Waals surface area contributed by atoms with Crippen molar-refractivity contribution in [2.75, 3.05) is 6.61 Å². The van der Waals surface area contributed by atoms with Gasteiger partial charge in [-0.05, 0) is 31.1 Å². The molecule has 0 bridgehead atoms. The number of esters is 1. The Morgan fingerprint density at radius 3 is 2.79 bits per heavy atom. The zero-order valence-electron chi connectivity index (χ0n) is 13.3. The van der Waals surface area contributed by atoms with Crippen LogP contribution in [0.1, 0.15) is 26.6 Å². The SMILES string of the molecule is Cc1nc2sc(C(=O)OC/C=C\c3ccccc3)c(C)c2c(=O)[nH]1. The van der Waals surface area contributed by atoms with E-state index in [1.807, 2.05) is 36.4 Å². The fourth-order valence-corrected chi connectivity index (χ4v) is 3.51. The van der Waals surface area contributed by atoms with Crippen LogP contribution in [0.2, 0.25) is 0 Å². The summed E-state index contributed by atoms with van der Waals surface area (Å²) in [6.07, 6.45) is 3.67. The summed E-state index contributed by atoms with van der Waals surface area (Å²) in [5.41, 5.74) is 1.42. The zero-order chi connectivity index (χ0) is 17.1. The molecule has 0 atom stereocenters. The number of nitrogens with one attached hydrogen (secondary N) is 1. The van der Waals surface area contributed by atoms with E-state index in [9.17, 15) is 9.59 Å². The number of aromatic amines is 1. The maximum absolute atomic E-state index is 12.3. The molecule has 0 aliphatic rings. The number of aryl methyl sites for hydroxylation is 2. The molecule has 2 heterocycles. The van der Waals surface area contributed by atoms with E-state index in [0.717, 1.165) is 5.56 Å². The number of benzene rings is 1. The Labute approximate surface area is 142 Å². The number of aromatic nitrogens is 2. The molecule has 0 fully saturated rings. The fraction of sp³-hybridized carbons (Fsp3) is 0.167. The Bertz CT molecular complexity index is 971. The number of fused-ring (bicyclic) bond motifs is 1. The third-order valence-corrected chi connectivity index (χ3v) is 4.69. The lowest BCUT2D eigenvalue weighted by molar-refractivity contribution is 0.0555. The number of carbonyl (C=O) groups excluding carboxylic acids is 1. The zero-order valence-corrected chi connectivity index (χ0v) is 14.1. The minimum absolute atomic E-state index is 0.171. The van der Waals surface area contributed by atoms with Crippen LogP contribution >= 0.6 is 11.3 Å². The van der Waals surface area contributed by atoms with Gasteiger partial charge in [0.2, 0.25) is 0 Å². The fourth-order valence-electron chi connectivity index (χ4n) is 2.38. The molecule has 122 valence electrons. The summed E-state index contributed by atoms with van der Waals surface area (Å²) in [6, 6.07) is 9.76. The predicted octanol–water partition coefficient (Wildman–Crippen LogP) is 3.47. The minimum atomic E-state index is -0.440. The first-order valence-corrected chi connectivity index (χ1v) is 8.26. The van der Waals surface area contributed by atoms with E-state index in [1.165, 1.54) is 11.3 Å². The van der Waals surface area contributed by atoms with Gasteiger partial charge in [-0.2, -0.15) is 0 Å². The van der Waals surface area contributed by atoms with E-state index in [1.54, 1.807) is 19.9 Å². The van der Waals surface area contributed by atoms with Crippen molar-refractivity contribution in [3.05, 3.63) is 68.6 Å². The van der Waals surface area contributed by atoms with Gasteiger partial charge in [-0.15, -0.1) is 11.3 Å². The molecular formula is C18H16N2O3S. The molecule has 0 amide bonds. The molecule has 3 rings (SSSR count). The number of H-pyrrole nitrogens is 1. The Balaban J connectivity index is 1.75. The highest BCUT2D eigenvalue weighted by atomic mass is 32.1. The summed E-state index contributed by atoms with van der Waals surface area (Å²) >= 11 is 1.19. The summed E-state index contributed by atoms with van der Waals surface area (Å²) in [7, 11) is 0. The van der Waals surface area contributed by atoms with Gasteiger partial charge >= 0.3 is 5.97 Å². The first-order valence-electron chi connectivity index (χ1n) is 7.45. The van der Waals surface area contributed by atoms with Crippen molar-refractivity contribution >= 4 is 33.6 Å². The summed E-state index contributed by atoms with van der Waals surface area (Å²) in [5, 5.41) is 0.456. The average molecular weight is 340 g/mol. The molecule has 0 aliphatic heterocycles. The van der Waals surface area contributed by atoms with Crippen LogP contribution in [-0.4, -0.2) is 22.5 Å². The number of hydrogen-bond acceptors (Lipinski definition) is 5. The Morgan fingerprint density at radius 2 is 2.04 bits per heavy atom. The van der Waals surface area contributed by atoms with Crippen molar-refractivity contribution in [1.29, 1.82) is 0 Å². The van der Waals surface area contributed by atoms with Gasteiger partial charge in [-0.25, -0.2) is 9.78 Å². The number of thiophene rings is 1. The second-order valence-corrected chi connectivity index (χ2v) is 6.30. The first-order chi connectivity index (χ1) is 11.6. The molecule has 2 aromatic heterocycles. The molecular weight excluding hydrogens is 324 g/mol. The van der Waals surface area contributed by atoms with Crippen LogP contribution < -0.4 is 5.56 Å². The number of hydrogen-bond donors (Lipinski definition) is 1. The monoisotopic (exact) mass is 340 g/mol. The molecule has 0 saturated heterocycles. The van der Waals surface area contributed by atoms with Gasteiger partial charge in [0.15, 0.2) is 0 Å². The highest BCUT2D eigenvalue weighted by molar-refractivity contribution is 7.20. The van der Waals surface area contributed by atoms with E-state index in [2.05, 4.69) is 9.97 Å². The van der Waals surface area contributed by atoms with Crippen LogP contribution in [0.5, 0.6) is 0 Å². The maximum atomic E-state index is 12.3. The van der Waals surface area contributed by atoms with Crippen molar-refractivity contribution < 1.29 is 9.53 Å². The highest BCUT2D eigenvalue weighted by Gasteiger charge is 2.19. The van der Waals surface area contributed by atoms with E-state index >= 15 is 0 Å². The van der Waals surface area contributed by atoms with E-state index in [4.69, 9.17) is 4.74 Å². The molecule has 0 radical (unpaired) electrons. The molecule has 1 aromatic carbocycles. The lowest BCUT2D eigenvalue weighted by Gasteiger charge is -2.00. The molecule has 6 heteroatoms. The maximum Gasteiger partial charge on any atom is 0.348 e. The quantitative estimate of drug-likeness (QED) is 0.738. The Morgan fingerprint density at radius 1 is 1.29 bits per heavy atom. The summed E-state index contributed by atoms with van der Waals surface area (Å²) in [6.45, 7) is 3.62. The van der Waals surface area contributed by atoms with Crippen LogP contribution in [0.4, 0.5) is 0 Å². The van der Waals surface area contributed by atoms with Gasteiger partial charge in [0.05, 0.1) is 5.39 Å². The predicted molar refractivity (Wildman–Crippen MR) is 95.5 cm³/mol. The number of carbonyl (C=O) groups is 1. The minimum Gasteiger partial charge on any atom is -0.457 e. The lowest BCUT2D eigenvalue weighted by Crippen LogP contribution is -2.10. The second-order valence-electron chi connectivity index (χ2n) is 5.30. The van der Waals surface area contributed by atoms with Crippen LogP contribution in [0.25, 0.3) is 16.3 Å². The second kappa shape index (κ2) is 6.80. The smallest absolute Gasteiger partial charge is 0.348 e. The van der Waals surface area contributed by atoms with E-state index in [0.29, 0.717) is 26.5 Å². The standard InChI is InChI=1S/C18H16N2O3S/c1-11-14-16(21)19-12(2)20-17(14)24-15(11)18(22)23-10-6-9-13-7-4-3-5-8-13/h3-9H,10H2,1-2H3,(H,19,20,21)/b9-6-. The lowest BCUT2D eigenvalue weighted by atomic mass is 10.2. The Kier molecular flexibility index (Phi) is 4.57. The van der Waals surface area contributed by atoms with Crippen molar-refractivity contribution in [1.82, 2.24) is 9.97 Å².